The predicted octanol–water partition coefficient (Wildman–Crippen LogP) is 4.47. The lowest BCUT2D eigenvalue weighted by Crippen LogP contribution is -2.45. The molecular weight excluding hydrogens is 460 g/mol. The minimum Gasteiger partial charge on any atom is -0.323 e. The molecule has 3 aromatic carbocycles. The summed E-state index contributed by atoms with van der Waals surface area (Å²) in [5, 5.41) is 3.15. The zero-order chi connectivity index (χ0) is 24.7. The van der Waals surface area contributed by atoms with E-state index in [-0.39, 0.29) is 23.9 Å². The summed E-state index contributed by atoms with van der Waals surface area (Å²) in [4.78, 5) is 45.7. The molecule has 0 aliphatic carbocycles. The van der Waals surface area contributed by atoms with Crippen molar-refractivity contribution in [1.82, 2.24) is 9.55 Å². The van der Waals surface area contributed by atoms with Crippen molar-refractivity contribution < 1.29 is 9.59 Å². The van der Waals surface area contributed by atoms with Gasteiger partial charge in [0.25, 0.3) is 5.56 Å². The minimum absolute atomic E-state index is 0.0598. The van der Waals surface area contributed by atoms with Crippen LogP contribution in [0.15, 0.2) is 76.7 Å². The third-order valence-electron chi connectivity index (χ3n) is 6.02. The molecule has 1 aliphatic rings. The van der Waals surface area contributed by atoms with Gasteiger partial charge in [-0.05, 0) is 62.2 Å². The van der Waals surface area contributed by atoms with Crippen molar-refractivity contribution in [3.63, 3.8) is 0 Å². The molecule has 0 bridgehead atoms. The van der Waals surface area contributed by atoms with Crippen molar-refractivity contribution >= 4 is 45.9 Å². The van der Waals surface area contributed by atoms with Crippen LogP contribution in [0.3, 0.4) is 0 Å². The first-order valence-electron chi connectivity index (χ1n) is 11.3. The van der Waals surface area contributed by atoms with Gasteiger partial charge in [-0.3, -0.25) is 23.9 Å². The van der Waals surface area contributed by atoms with Crippen molar-refractivity contribution in [1.29, 1.82) is 0 Å². The highest BCUT2D eigenvalue weighted by molar-refractivity contribution is 8.00. The number of anilines is 2. The average molecular weight is 485 g/mol. The first kappa shape index (κ1) is 22.9. The van der Waals surface area contributed by atoms with E-state index in [1.807, 2.05) is 62.4 Å². The number of nitrogens with one attached hydrogen (secondary N) is 1. The first-order valence-corrected chi connectivity index (χ1v) is 12.2. The molecule has 1 atom stereocenters. The zero-order valence-corrected chi connectivity index (χ0v) is 20.4. The quantitative estimate of drug-likeness (QED) is 0.341. The van der Waals surface area contributed by atoms with Crippen LogP contribution in [0.5, 0.6) is 0 Å². The Hall–Kier alpha value is -3.91. The number of aryl methyl sites for hydroxylation is 2. The van der Waals surface area contributed by atoms with Crippen molar-refractivity contribution in [3.05, 3.63) is 88.2 Å². The third-order valence-corrected chi connectivity index (χ3v) is 7.06. The Morgan fingerprint density at radius 3 is 2.57 bits per heavy atom. The van der Waals surface area contributed by atoms with Gasteiger partial charge in [0, 0.05) is 0 Å². The number of carbonyl (C=O) groups excluding carboxylic acids is 2. The molecule has 4 aromatic rings. The topological polar surface area (TPSA) is 84.3 Å². The molecule has 0 radical (unpaired) electrons. The number of thioether (sulfide) groups is 1. The van der Waals surface area contributed by atoms with Crippen LogP contribution >= 0.6 is 11.8 Å². The van der Waals surface area contributed by atoms with Crippen molar-refractivity contribution in [2.75, 3.05) is 16.8 Å². The van der Waals surface area contributed by atoms with Gasteiger partial charge in [0.1, 0.15) is 6.54 Å². The molecule has 8 heteroatoms. The fraction of sp³-hybridized carbons (Fsp3) is 0.185. The molecular formula is C27H24N4O3S. The number of aromatic nitrogens is 2. The first-order chi connectivity index (χ1) is 16.8. The van der Waals surface area contributed by atoms with Gasteiger partial charge in [0.05, 0.1) is 33.2 Å². The van der Waals surface area contributed by atoms with Crippen molar-refractivity contribution in [3.8, 4) is 5.69 Å². The van der Waals surface area contributed by atoms with E-state index in [4.69, 9.17) is 4.98 Å². The third kappa shape index (κ3) is 4.21. The molecule has 7 nitrogen and oxygen atoms in total. The lowest BCUT2D eigenvalue weighted by Gasteiger charge is -2.31. The summed E-state index contributed by atoms with van der Waals surface area (Å²) in [6, 6.07) is 20.4. The number of rotatable bonds is 4. The molecule has 2 heterocycles. The smallest absolute Gasteiger partial charge is 0.266 e. The molecule has 176 valence electrons. The van der Waals surface area contributed by atoms with Gasteiger partial charge in [0.15, 0.2) is 5.16 Å². The molecule has 1 aromatic heterocycles. The number of nitrogens with zero attached hydrogens (tertiary/aromatic N) is 3. The second-order valence-corrected chi connectivity index (χ2v) is 9.90. The van der Waals surface area contributed by atoms with Crippen LogP contribution in [0.2, 0.25) is 0 Å². The number of hydrogen-bond acceptors (Lipinski definition) is 5. The van der Waals surface area contributed by atoms with Gasteiger partial charge in [-0.1, -0.05) is 48.2 Å². The fourth-order valence-corrected chi connectivity index (χ4v) is 5.20. The summed E-state index contributed by atoms with van der Waals surface area (Å²) in [7, 11) is 0. The maximum atomic E-state index is 13.6. The summed E-state index contributed by atoms with van der Waals surface area (Å²) in [5.41, 5.74) is 4.32. The maximum absolute atomic E-state index is 13.6. The van der Waals surface area contributed by atoms with Gasteiger partial charge in [-0.25, -0.2) is 4.98 Å². The summed E-state index contributed by atoms with van der Waals surface area (Å²) >= 11 is 1.22. The Morgan fingerprint density at radius 1 is 1.00 bits per heavy atom. The number of benzene rings is 3. The van der Waals surface area contributed by atoms with E-state index in [1.54, 1.807) is 29.7 Å². The normalized spacial score (nSPS) is 13.9. The van der Waals surface area contributed by atoms with Gasteiger partial charge >= 0.3 is 0 Å². The van der Waals surface area contributed by atoms with Gasteiger partial charge in [0.2, 0.25) is 11.8 Å². The number of para-hydroxylation sites is 3. The second kappa shape index (κ2) is 9.03. The summed E-state index contributed by atoms with van der Waals surface area (Å²) < 4.78 is 1.59. The fourth-order valence-electron chi connectivity index (χ4n) is 4.22. The molecule has 0 saturated heterocycles. The summed E-state index contributed by atoms with van der Waals surface area (Å²) in [6.07, 6.45) is 0. The molecule has 0 saturated carbocycles. The van der Waals surface area contributed by atoms with Crippen LogP contribution in [0.4, 0.5) is 11.4 Å². The lowest BCUT2D eigenvalue weighted by molar-refractivity contribution is -0.121. The highest BCUT2D eigenvalue weighted by Gasteiger charge is 2.31. The number of fused-ring (bicyclic) bond motifs is 2. The highest BCUT2D eigenvalue weighted by atomic mass is 32.2. The van der Waals surface area contributed by atoms with Crippen LogP contribution in [-0.4, -0.2) is 33.2 Å². The molecule has 2 amide bonds. The second-order valence-electron chi connectivity index (χ2n) is 8.59. The lowest BCUT2D eigenvalue weighted by atomic mass is 10.1. The standard InChI is InChI=1S/C27H24N4O3S/c1-16-12-13-17(2)23(14-16)31-26(34)19-8-4-5-9-20(19)29-27(31)35-18(3)25(33)30-15-24(32)28-21-10-6-7-11-22(21)30/h4-14,18H,15H2,1-3H3,(H,28,32). The monoisotopic (exact) mass is 484 g/mol. The summed E-state index contributed by atoms with van der Waals surface area (Å²) in [6.45, 7) is 5.63. The molecule has 1 unspecified atom stereocenters. The molecule has 0 spiro atoms. The van der Waals surface area contributed by atoms with Crippen molar-refractivity contribution in [2.45, 2.75) is 31.2 Å². The highest BCUT2D eigenvalue weighted by Crippen LogP contribution is 2.33. The SMILES string of the molecule is Cc1ccc(C)c(-n2c(SC(C)C(=O)N3CC(=O)Nc4ccccc43)nc3ccccc3c2=O)c1. The van der Waals surface area contributed by atoms with E-state index in [1.165, 1.54) is 16.7 Å². The Labute approximate surface area is 206 Å². The van der Waals surface area contributed by atoms with Crippen LogP contribution in [0.25, 0.3) is 16.6 Å². The van der Waals surface area contributed by atoms with Gasteiger partial charge in [-0.2, -0.15) is 0 Å². The summed E-state index contributed by atoms with van der Waals surface area (Å²) in [5.74, 6) is -0.474. The predicted molar refractivity (Wildman–Crippen MR) is 140 cm³/mol. The van der Waals surface area contributed by atoms with E-state index in [0.29, 0.717) is 27.4 Å². The van der Waals surface area contributed by atoms with Crippen LogP contribution in [0.1, 0.15) is 18.1 Å². The molecule has 5 rings (SSSR count). The van der Waals surface area contributed by atoms with Crippen LogP contribution < -0.4 is 15.8 Å². The van der Waals surface area contributed by atoms with E-state index in [0.717, 1.165) is 16.8 Å². The average Bonchev–Trinajstić information content (AvgIpc) is 2.85. The van der Waals surface area contributed by atoms with Crippen LogP contribution in [-0.2, 0) is 9.59 Å². The van der Waals surface area contributed by atoms with E-state index in [9.17, 15) is 14.4 Å². The number of hydrogen-bond donors (Lipinski definition) is 1. The zero-order valence-electron chi connectivity index (χ0n) is 19.6. The molecule has 0 fully saturated rings. The van der Waals surface area contributed by atoms with Crippen LogP contribution in [0, 0.1) is 13.8 Å². The molecule has 35 heavy (non-hydrogen) atoms. The molecule has 1 aliphatic heterocycles. The Balaban J connectivity index is 1.59. The van der Waals surface area contributed by atoms with E-state index < -0.39 is 5.25 Å². The van der Waals surface area contributed by atoms with Gasteiger partial charge < -0.3 is 5.32 Å². The molecule has 1 N–H and O–H groups in total. The Morgan fingerprint density at radius 2 is 1.74 bits per heavy atom. The van der Waals surface area contributed by atoms with E-state index >= 15 is 0 Å². The Kier molecular flexibility index (Phi) is 5.90. The van der Waals surface area contributed by atoms with E-state index in [2.05, 4.69) is 5.32 Å². The number of carbonyl (C=O) groups is 2. The number of amides is 2. The van der Waals surface area contributed by atoms with Gasteiger partial charge in [-0.15, -0.1) is 0 Å². The van der Waals surface area contributed by atoms with Crippen molar-refractivity contribution in [2.24, 2.45) is 0 Å². The maximum Gasteiger partial charge on any atom is 0.266 e. The Bertz CT molecular complexity index is 1550. The minimum atomic E-state index is -0.599. The largest absolute Gasteiger partial charge is 0.323 e.